The molecule has 21 heavy (non-hydrogen) atoms. The van der Waals surface area contributed by atoms with Crippen LogP contribution in [0.1, 0.15) is 29.9 Å². The number of aromatic nitrogens is 4. The molecule has 0 amide bonds. The zero-order valence-corrected chi connectivity index (χ0v) is 12.8. The fourth-order valence-corrected chi connectivity index (χ4v) is 2.79. The van der Waals surface area contributed by atoms with Gasteiger partial charge in [-0.3, -0.25) is 14.6 Å². The first-order valence-electron chi connectivity index (χ1n) is 7.03. The number of hydrogen-bond donors (Lipinski definition) is 1. The third-order valence-electron chi connectivity index (χ3n) is 3.85. The zero-order chi connectivity index (χ0) is 15.0. The quantitative estimate of drug-likeness (QED) is 0.801. The number of rotatable bonds is 3. The van der Waals surface area contributed by atoms with Gasteiger partial charge in [-0.1, -0.05) is 0 Å². The van der Waals surface area contributed by atoms with Crippen molar-refractivity contribution < 1.29 is 0 Å². The van der Waals surface area contributed by atoms with Gasteiger partial charge in [-0.2, -0.15) is 5.10 Å². The standard InChI is InChI=1S/C16H19N5/c1-10(16-11(2)20-21(4)12(16)3)19-13-5-6-14-15(9-13)18-8-7-17-14/h5-10,19H,1-4H3. The summed E-state index contributed by atoms with van der Waals surface area (Å²) in [6.45, 7) is 6.30. The molecule has 1 N–H and O–H groups in total. The third-order valence-corrected chi connectivity index (χ3v) is 3.85. The maximum absolute atomic E-state index is 4.48. The minimum atomic E-state index is 0.188. The van der Waals surface area contributed by atoms with Crippen molar-refractivity contribution in [3.8, 4) is 0 Å². The van der Waals surface area contributed by atoms with Crippen LogP contribution >= 0.6 is 0 Å². The Balaban J connectivity index is 1.90. The second kappa shape index (κ2) is 5.16. The second-order valence-corrected chi connectivity index (χ2v) is 5.33. The number of hydrogen-bond acceptors (Lipinski definition) is 4. The van der Waals surface area contributed by atoms with E-state index in [0.29, 0.717) is 0 Å². The minimum absolute atomic E-state index is 0.188. The van der Waals surface area contributed by atoms with E-state index in [1.165, 1.54) is 11.3 Å². The first-order chi connectivity index (χ1) is 10.1. The monoisotopic (exact) mass is 281 g/mol. The molecule has 1 atom stereocenters. The van der Waals surface area contributed by atoms with Crippen molar-refractivity contribution in [3.63, 3.8) is 0 Å². The molecule has 5 heteroatoms. The Labute approximate surface area is 124 Å². The van der Waals surface area contributed by atoms with Gasteiger partial charge in [-0.25, -0.2) is 0 Å². The second-order valence-electron chi connectivity index (χ2n) is 5.33. The smallest absolute Gasteiger partial charge is 0.0907 e. The Kier molecular flexibility index (Phi) is 3.33. The molecular weight excluding hydrogens is 262 g/mol. The van der Waals surface area contributed by atoms with Gasteiger partial charge in [0.1, 0.15) is 0 Å². The van der Waals surface area contributed by atoms with E-state index in [0.717, 1.165) is 22.4 Å². The average molecular weight is 281 g/mol. The minimum Gasteiger partial charge on any atom is -0.378 e. The van der Waals surface area contributed by atoms with Gasteiger partial charge >= 0.3 is 0 Å². The molecule has 3 rings (SSSR count). The molecule has 0 saturated carbocycles. The van der Waals surface area contributed by atoms with Crippen molar-refractivity contribution in [1.82, 2.24) is 19.7 Å². The molecule has 108 valence electrons. The van der Waals surface area contributed by atoms with Gasteiger partial charge in [0, 0.05) is 36.4 Å². The van der Waals surface area contributed by atoms with Crippen LogP contribution in [0.3, 0.4) is 0 Å². The van der Waals surface area contributed by atoms with Crippen LogP contribution in [0, 0.1) is 13.8 Å². The van der Waals surface area contributed by atoms with Gasteiger partial charge in [-0.05, 0) is 39.0 Å². The molecule has 1 unspecified atom stereocenters. The van der Waals surface area contributed by atoms with E-state index in [1.807, 2.05) is 36.9 Å². The van der Waals surface area contributed by atoms with E-state index in [-0.39, 0.29) is 6.04 Å². The highest BCUT2D eigenvalue weighted by molar-refractivity contribution is 5.78. The Hall–Kier alpha value is -2.43. The number of nitrogens with zero attached hydrogens (tertiary/aromatic N) is 4. The summed E-state index contributed by atoms with van der Waals surface area (Å²) < 4.78 is 1.93. The first kappa shape index (κ1) is 13.5. The number of nitrogens with one attached hydrogen (secondary N) is 1. The summed E-state index contributed by atoms with van der Waals surface area (Å²) in [5, 5.41) is 8.00. The molecule has 0 aliphatic carbocycles. The zero-order valence-electron chi connectivity index (χ0n) is 12.8. The van der Waals surface area contributed by atoms with Crippen molar-refractivity contribution in [3.05, 3.63) is 47.5 Å². The summed E-state index contributed by atoms with van der Waals surface area (Å²) in [5.74, 6) is 0. The molecule has 0 saturated heterocycles. The number of anilines is 1. The lowest BCUT2D eigenvalue weighted by molar-refractivity contribution is 0.728. The lowest BCUT2D eigenvalue weighted by Gasteiger charge is -2.16. The van der Waals surface area contributed by atoms with Crippen molar-refractivity contribution >= 4 is 16.7 Å². The highest BCUT2D eigenvalue weighted by Crippen LogP contribution is 2.25. The molecule has 5 nitrogen and oxygen atoms in total. The summed E-state index contributed by atoms with van der Waals surface area (Å²) in [7, 11) is 1.98. The van der Waals surface area contributed by atoms with Crippen LogP contribution in [-0.2, 0) is 7.05 Å². The van der Waals surface area contributed by atoms with E-state index in [2.05, 4.69) is 34.2 Å². The van der Waals surface area contributed by atoms with E-state index in [1.54, 1.807) is 12.4 Å². The van der Waals surface area contributed by atoms with E-state index < -0.39 is 0 Å². The Morgan fingerprint density at radius 2 is 1.81 bits per heavy atom. The van der Waals surface area contributed by atoms with Crippen molar-refractivity contribution in [2.45, 2.75) is 26.8 Å². The van der Waals surface area contributed by atoms with Crippen molar-refractivity contribution in [2.24, 2.45) is 7.05 Å². The van der Waals surface area contributed by atoms with Crippen LogP contribution in [0.25, 0.3) is 11.0 Å². The largest absolute Gasteiger partial charge is 0.378 e. The molecule has 3 aromatic rings. The van der Waals surface area contributed by atoms with Gasteiger partial charge in [-0.15, -0.1) is 0 Å². The maximum Gasteiger partial charge on any atom is 0.0907 e. The Morgan fingerprint density at radius 3 is 2.48 bits per heavy atom. The molecule has 0 radical (unpaired) electrons. The first-order valence-corrected chi connectivity index (χ1v) is 7.03. The predicted octanol–water partition coefficient (Wildman–Crippen LogP) is 3.15. The van der Waals surface area contributed by atoms with Gasteiger partial charge in [0.15, 0.2) is 0 Å². The van der Waals surface area contributed by atoms with Gasteiger partial charge in [0.2, 0.25) is 0 Å². The van der Waals surface area contributed by atoms with E-state index >= 15 is 0 Å². The summed E-state index contributed by atoms with van der Waals surface area (Å²) in [4.78, 5) is 8.63. The molecule has 1 aromatic carbocycles. The number of benzene rings is 1. The molecular formula is C16H19N5. The highest BCUT2D eigenvalue weighted by Gasteiger charge is 2.16. The summed E-state index contributed by atoms with van der Waals surface area (Å²) in [6, 6.07) is 6.24. The van der Waals surface area contributed by atoms with Gasteiger partial charge in [0.25, 0.3) is 0 Å². The topological polar surface area (TPSA) is 55.6 Å². The van der Waals surface area contributed by atoms with Crippen LogP contribution in [-0.4, -0.2) is 19.7 Å². The molecule has 0 aliphatic heterocycles. The highest BCUT2D eigenvalue weighted by atomic mass is 15.3. The van der Waals surface area contributed by atoms with Crippen LogP contribution in [0.4, 0.5) is 5.69 Å². The maximum atomic E-state index is 4.48. The third kappa shape index (κ3) is 2.46. The number of aryl methyl sites for hydroxylation is 2. The molecule has 0 aliphatic rings. The van der Waals surface area contributed by atoms with Gasteiger partial charge < -0.3 is 5.32 Å². The molecule has 2 aromatic heterocycles. The average Bonchev–Trinajstić information content (AvgIpc) is 2.72. The van der Waals surface area contributed by atoms with Crippen molar-refractivity contribution in [1.29, 1.82) is 0 Å². The van der Waals surface area contributed by atoms with Crippen LogP contribution < -0.4 is 5.32 Å². The van der Waals surface area contributed by atoms with Crippen LogP contribution in [0.5, 0.6) is 0 Å². The SMILES string of the molecule is Cc1nn(C)c(C)c1C(C)Nc1ccc2nccnc2c1. The molecule has 0 spiro atoms. The molecule has 0 bridgehead atoms. The van der Waals surface area contributed by atoms with Crippen LogP contribution in [0.2, 0.25) is 0 Å². The fourth-order valence-electron chi connectivity index (χ4n) is 2.79. The normalized spacial score (nSPS) is 12.6. The lowest BCUT2D eigenvalue weighted by Crippen LogP contribution is -2.09. The molecule has 2 heterocycles. The number of fused-ring (bicyclic) bond motifs is 1. The summed E-state index contributed by atoms with van der Waals surface area (Å²) in [5.41, 5.74) is 6.34. The Morgan fingerprint density at radius 1 is 1.10 bits per heavy atom. The fraction of sp³-hybridized carbons (Fsp3) is 0.312. The van der Waals surface area contributed by atoms with E-state index in [9.17, 15) is 0 Å². The van der Waals surface area contributed by atoms with Crippen LogP contribution in [0.15, 0.2) is 30.6 Å². The summed E-state index contributed by atoms with van der Waals surface area (Å²) in [6.07, 6.45) is 3.42. The molecule has 0 fully saturated rings. The predicted molar refractivity (Wildman–Crippen MR) is 84.3 cm³/mol. The Bertz CT molecular complexity index is 790. The van der Waals surface area contributed by atoms with Gasteiger partial charge in [0.05, 0.1) is 22.8 Å². The van der Waals surface area contributed by atoms with Crippen molar-refractivity contribution in [2.75, 3.05) is 5.32 Å². The summed E-state index contributed by atoms with van der Waals surface area (Å²) >= 11 is 0. The van der Waals surface area contributed by atoms with E-state index in [4.69, 9.17) is 0 Å². The lowest BCUT2D eigenvalue weighted by atomic mass is 10.1.